The number of hydrogen-bond acceptors (Lipinski definition) is 1. The van der Waals surface area contributed by atoms with E-state index in [0.717, 1.165) is 0 Å². The van der Waals surface area contributed by atoms with E-state index >= 15 is 0 Å². The SMILES string of the molecule is Cc1cccc(CN=C(N)NC(C)C)c1. The van der Waals surface area contributed by atoms with Crippen molar-refractivity contribution in [3.63, 3.8) is 0 Å². The molecule has 0 aliphatic heterocycles. The van der Waals surface area contributed by atoms with Gasteiger partial charge in [0.25, 0.3) is 0 Å². The van der Waals surface area contributed by atoms with Crippen LogP contribution in [0.4, 0.5) is 0 Å². The first-order chi connectivity index (χ1) is 7.08. The molecule has 1 aromatic carbocycles. The van der Waals surface area contributed by atoms with Crippen LogP contribution in [0.25, 0.3) is 0 Å². The van der Waals surface area contributed by atoms with Crippen LogP contribution >= 0.6 is 0 Å². The first-order valence-corrected chi connectivity index (χ1v) is 5.20. The van der Waals surface area contributed by atoms with Gasteiger partial charge in [0.15, 0.2) is 5.96 Å². The number of nitrogens with one attached hydrogen (secondary N) is 1. The summed E-state index contributed by atoms with van der Waals surface area (Å²) < 4.78 is 0. The van der Waals surface area contributed by atoms with Gasteiger partial charge in [-0.1, -0.05) is 29.8 Å². The van der Waals surface area contributed by atoms with Crippen molar-refractivity contribution >= 4 is 5.96 Å². The van der Waals surface area contributed by atoms with Gasteiger partial charge in [-0.15, -0.1) is 0 Å². The van der Waals surface area contributed by atoms with Gasteiger partial charge in [0, 0.05) is 6.04 Å². The normalized spacial score (nSPS) is 11.9. The van der Waals surface area contributed by atoms with Gasteiger partial charge in [-0.25, -0.2) is 4.99 Å². The molecule has 0 bridgehead atoms. The molecule has 0 spiro atoms. The molecule has 0 aromatic heterocycles. The Hall–Kier alpha value is -1.51. The van der Waals surface area contributed by atoms with Crippen LogP contribution in [-0.4, -0.2) is 12.0 Å². The van der Waals surface area contributed by atoms with Gasteiger partial charge in [-0.2, -0.15) is 0 Å². The highest BCUT2D eigenvalue weighted by Crippen LogP contribution is 2.04. The maximum Gasteiger partial charge on any atom is 0.189 e. The van der Waals surface area contributed by atoms with Crippen LogP contribution < -0.4 is 11.1 Å². The molecule has 1 aromatic rings. The van der Waals surface area contributed by atoms with E-state index in [1.807, 2.05) is 19.9 Å². The summed E-state index contributed by atoms with van der Waals surface area (Å²) in [6, 6.07) is 8.60. The third kappa shape index (κ3) is 4.49. The Morgan fingerprint density at radius 2 is 2.20 bits per heavy atom. The summed E-state index contributed by atoms with van der Waals surface area (Å²) in [5.41, 5.74) is 8.13. The molecule has 3 nitrogen and oxygen atoms in total. The molecule has 0 heterocycles. The van der Waals surface area contributed by atoms with Gasteiger partial charge >= 0.3 is 0 Å². The van der Waals surface area contributed by atoms with Crippen LogP contribution in [0.15, 0.2) is 29.3 Å². The van der Waals surface area contributed by atoms with Crippen LogP contribution in [0.2, 0.25) is 0 Å². The van der Waals surface area contributed by atoms with E-state index in [1.54, 1.807) is 0 Å². The van der Waals surface area contributed by atoms with Gasteiger partial charge < -0.3 is 11.1 Å². The molecule has 0 unspecified atom stereocenters. The van der Waals surface area contributed by atoms with E-state index in [4.69, 9.17) is 5.73 Å². The van der Waals surface area contributed by atoms with Gasteiger partial charge in [-0.3, -0.25) is 0 Å². The van der Waals surface area contributed by atoms with Crippen LogP contribution in [-0.2, 0) is 6.54 Å². The Morgan fingerprint density at radius 1 is 1.47 bits per heavy atom. The second-order valence-corrected chi connectivity index (χ2v) is 3.99. The highest BCUT2D eigenvalue weighted by atomic mass is 15.1. The highest BCUT2D eigenvalue weighted by molar-refractivity contribution is 5.78. The largest absolute Gasteiger partial charge is 0.370 e. The number of guanidine groups is 1. The maximum atomic E-state index is 5.70. The molecule has 1 rings (SSSR count). The number of aryl methyl sites for hydroxylation is 1. The molecule has 0 atom stereocenters. The number of nitrogens with two attached hydrogens (primary N) is 1. The van der Waals surface area contributed by atoms with E-state index in [0.29, 0.717) is 18.5 Å². The van der Waals surface area contributed by atoms with Crippen molar-refractivity contribution in [2.45, 2.75) is 33.4 Å². The molecule has 82 valence electrons. The molecule has 15 heavy (non-hydrogen) atoms. The van der Waals surface area contributed by atoms with Gasteiger partial charge in [-0.05, 0) is 26.3 Å². The zero-order valence-electron chi connectivity index (χ0n) is 9.62. The fraction of sp³-hybridized carbons (Fsp3) is 0.417. The van der Waals surface area contributed by atoms with Crippen LogP contribution in [0.1, 0.15) is 25.0 Å². The molecule has 0 aliphatic rings. The molecule has 0 saturated carbocycles. The predicted octanol–water partition coefficient (Wildman–Crippen LogP) is 1.81. The molecule has 3 N–H and O–H groups in total. The van der Waals surface area contributed by atoms with E-state index in [1.165, 1.54) is 11.1 Å². The van der Waals surface area contributed by atoms with E-state index in [-0.39, 0.29) is 0 Å². The Morgan fingerprint density at radius 3 is 2.80 bits per heavy atom. The summed E-state index contributed by atoms with van der Waals surface area (Å²) in [4.78, 5) is 4.26. The summed E-state index contributed by atoms with van der Waals surface area (Å²) >= 11 is 0. The monoisotopic (exact) mass is 205 g/mol. The fourth-order valence-corrected chi connectivity index (χ4v) is 1.33. The Balaban J connectivity index is 2.56. The van der Waals surface area contributed by atoms with Crippen molar-refractivity contribution < 1.29 is 0 Å². The number of nitrogens with zero attached hydrogens (tertiary/aromatic N) is 1. The fourth-order valence-electron chi connectivity index (χ4n) is 1.33. The lowest BCUT2D eigenvalue weighted by Gasteiger charge is -2.08. The number of hydrogen-bond donors (Lipinski definition) is 2. The molecular formula is C12H19N3. The standard InChI is InChI=1S/C12H19N3/c1-9(2)15-12(13)14-8-11-6-4-5-10(3)7-11/h4-7,9H,8H2,1-3H3,(H3,13,14,15). The zero-order valence-corrected chi connectivity index (χ0v) is 9.62. The van der Waals surface area contributed by atoms with Gasteiger partial charge in [0.1, 0.15) is 0 Å². The minimum absolute atomic E-state index is 0.325. The molecule has 0 radical (unpaired) electrons. The van der Waals surface area contributed by atoms with Crippen molar-refractivity contribution in [1.82, 2.24) is 5.32 Å². The summed E-state index contributed by atoms with van der Waals surface area (Å²) in [6.07, 6.45) is 0. The zero-order chi connectivity index (χ0) is 11.3. The van der Waals surface area contributed by atoms with Gasteiger partial charge in [0.2, 0.25) is 0 Å². The Kier molecular flexibility index (Phi) is 4.16. The van der Waals surface area contributed by atoms with Crippen molar-refractivity contribution in [3.8, 4) is 0 Å². The van der Waals surface area contributed by atoms with Crippen molar-refractivity contribution in [3.05, 3.63) is 35.4 Å². The van der Waals surface area contributed by atoms with E-state index in [2.05, 4.69) is 35.4 Å². The van der Waals surface area contributed by atoms with E-state index < -0.39 is 0 Å². The van der Waals surface area contributed by atoms with Crippen molar-refractivity contribution in [2.75, 3.05) is 0 Å². The molecular weight excluding hydrogens is 186 g/mol. The first-order valence-electron chi connectivity index (χ1n) is 5.20. The number of rotatable bonds is 3. The quantitative estimate of drug-likeness (QED) is 0.584. The molecule has 3 heteroatoms. The van der Waals surface area contributed by atoms with Crippen molar-refractivity contribution in [2.24, 2.45) is 10.7 Å². The third-order valence-corrected chi connectivity index (χ3v) is 1.95. The highest BCUT2D eigenvalue weighted by Gasteiger charge is 1.95. The number of aliphatic imine (C=N–C) groups is 1. The average Bonchev–Trinajstić information content (AvgIpc) is 2.14. The second-order valence-electron chi connectivity index (χ2n) is 3.99. The molecule has 0 saturated heterocycles. The lowest BCUT2D eigenvalue weighted by molar-refractivity contribution is 0.723. The van der Waals surface area contributed by atoms with Crippen LogP contribution in [0, 0.1) is 6.92 Å². The Bertz CT molecular complexity index is 342. The lowest BCUT2D eigenvalue weighted by Crippen LogP contribution is -2.36. The van der Waals surface area contributed by atoms with Crippen molar-refractivity contribution in [1.29, 1.82) is 0 Å². The van der Waals surface area contributed by atoms with Gasteiger partial charge in [0.05, 0.1) is 6.54 Å². The molecule has 0 aliphatic carbocycles. The first kappa shape index (κ1) is 11.6. The minimum Gasteiger partial charge on any atom is -0.370 e. The number of benzene rings is 1. The smallest absolute Gasteiger partial charge is 0.189 e. The Labute approximate surface area is 91.4 Å². The summed E-state index contributed by atoms with van der Waals surface area (Å²) in [6.45, 7) is 6.78. The summed E-state index contributed by atoms with van der Waals surface area (Å²) in [5, 5.41) is 3.06. The minimum atomic E-state index is 0.325. The third-order valence-electron chi connectivity index (χ3n) is 1.95. The maximum absolute atomic E-state index is 5.70. The van der Waals surface area contributed by atoms with Crippen LogP contribution in [0.5, 0.6) is 0 Å². The van der Waals surface area contributed by atoms with Crippen LogP contribution in [0.3, 0.4) is 0 Å². The molecule has 0 amide bonds. The lowest BCUT2D eigenvalue weighted by atomic mass is 10.1. The summed E-state index contributed by atoms with van der Waals surface area (Å²) in [7, 11) is 0. The van der Waals surface area contributed by atoms with E-state index in [9.17, 15) is 0 Å². The second kappa shape index (κ2) is 5.39. The molecule has 0 fully saturated rings. The topological polar surface area (TPSA) is 50.4 Å². The average molecular weight is 205 g/mol. The predicted molar refractivity (Wildman–Crippen MR) is 64.8 cm³/mol. The summed E-state index contributed by atoms with van der Waals surface area (Å²) in [5.74, 6) is 0.506.